The highest BCUT2D eigenvalue weighted by atomic mass is 16.5. The molecule has 8 aliphatic rings. The van der Waals surface area contributed by atoms with Crippen LogP contribution in [0.15, 0.2) is 24.3 Å². The van der Waals surface area contributed by atoms with Crippen molar-refractivity contribution in [2.75, 3.05) is 26.4 Å². The number of ether oxygens (including phenoxy) is 2. The maximum absolute atomic E-state index is 9.70. The number of rotatable bonds is 8. The Hall–Kier alpha value is -1.78. The second-order valence-electron chi connectivity index (χ2n) is 14.6. The molecular formula is C34H44O4. The lowest BCUT2D eigenvalue weighted by Gasteiger charge is -2.57. The van der Waals surface area contributed by atoms with Gasteiger partial charge in [0.2, 0.25) is 0 Å². The Morgan fingerprint density at radius 3 is 1.13 bits per heavy atom. The van der Waals surface area contributed by atoms with Gasteiger partial charge in [-0.05, 0) is 159 Å². The van der Waals surface area contributed by atoms with E-state index in [0.717, 1.165) is 57.8 Å². The van der Waals surface area contributed by atoms with Crippen molar-refractivity contribution in [1.82, 2.24) is 0 Å². The summed E-state index contributed by atoms with van der Waals surface area (Å²) in [4.78, 5) is 0. The van der Waals surface area contributed by atoms with Crippen molar-refractivity contribution in [3.05, 3.63) is 35.4 Å². The Bertz CT molecular complexity index is 1060. The van der Waals surface area contributed by atoms with Gasteiger partial charge in [-0.2, -0.15) is 0 Å². The van der Waals surface area contributed by atoms with Crippen LogP contribution >= 0.6 is 0 Å². The van der Waals surface area contributed by atoms with Crippen molar-refractivity contribution in [2.24, 2.45) is 35.5 Å². The molecule has 0 heterocycles. The molecule has 2 N–H and O–H groups in total. The fourth-order valence-electron chi connectivity index (χ4n) is 11.5. The van der Waals surface area contributed by atoms with Crippen LogP contribution in [0.1, 0.15) is 88.2 Å². The van der Waals surface area contributed by atoms with E-state index in [1.54, 1.807) is 0 Å². The smallest absolute Gasteiger partial charge is 0.127 e. The van der Waals surface area contributed by atoms with Crippen molar-refractivity contribution in [2.45, 2.75) is 87.9 Å². The molecule has 8 aliphatic carbocycles. The predicted molar refractivity (Wildman–Crippen MR) is 149 cm³/mol. The van der Waals surface area contributed by atoms with Crippen molar-refractivity contribution in [3.63, 3.8) is 0 Å². The van der Waals surface area contributed by atoms with Crippen LogP contribution in [-0.4, -0.2) is 36.6 Å². The molecule has 8 fully saturated rings. The van der Waals surface area contributed by atoms with Gasteiger partial charge in [0, 0.05) is 10.8 Å². The van der Waals surface area contributed by atoms with E-state index in [2.05, 4.69) is 24.3 Å². The Morgan fingerprint density at radius 1 is 0.526 bits per heavy atom. The highest BCUT2D eigenvalue weighted by Crippen LogP contribution is 2.63. The maximum atomic E-state index is 9.70. The van der Waals surface area contributed by atoms with Crippen LogP contribution in [0.2, 0.25) is 0 Å². The zero-order chi connectivity index (χ0) is 25.5. The van der Waals surface area contributed by atoms with E-state index in [-0.39, 0.29) is 24.0 Å². The quantitative estimate of drug-likeness (QED) is 0.420. The molecule has 0 aliphatic heterocycles. The van der Waals surface area contributed by atoms with Gasteiger partial charge in [0.25, 0.3) is 0 Å². The minimum absolute atomic E-state index is 0.0195. The molecule has 4 heteroatoms. The largest absolute Gasteiger partial charge is 0.491 e. The van der Waals surface area contributed by atoms with Crippen molar-refractivity contribution < 1.29 is 19.7 Å². The lowest BCUT2D eigenvalue weighted by Crippen LogP contribution is -2.48. The summed E-state index contributed by atoms with van der Waals surface area (Å²) in [6.07, 6.45) is 16.4. The van der Waals surface area contributed by atoms with Crippen LogP contribution < -0.4 is 9.47 Å². The third-order valence-electron chi connectivity index (χ3n) is 12.0. The summed E-state index contributed by atoms with van der Waals surface area (Å²) in [6.45, 7) is 0.666. The van der Waals surface area contributed by atoms with Crippen LogP contribution in [0, 0.1) is 35.5 Å². The second-order valence-corrected chi connectivity index (χ2v) is 14.6. The first kappa shape index (κ1) is 24.1. The van der Waals surface area contributed by atoms with Gasteiger partial charge in [-0.25, -0.2) is 0 Å². The van der Waals surface area contributed by atoms with Crippen LogP contribution in [0.25, 0.3) is 10.8 Å². The summed E-state index contributed by atoms with van der Waals surface area (Å²) in [7, 11) is 0. The number of hydrogen-bond donors (Lipinski definition) is 2. The Labute approximate surface area is 227 Å². The molecule has 0 unspecified atom stereocenters. The van der Waals surface area contributed by atoms with E-state index in [0.29, 0.717) is 13.2 Å². The van der Waals surface area contributed by atoms with E-state index in [9.17, 15) is 10.2 Å². The maximum Gasteiger partial charge on any atom is 0.127 e. The molecule has 2 aromatic carbocycles. The summed E-state index contributed by atoms with van der Waals surface area (Å²) < 4.78 is 12.7. The van der Waals surface area contributed by atoms with Crippen molar-refractivity contribution in [3.8, 4) is 11.5 Å². The van der Waals surface area contributed by atoms with E-state index < -0.39 is 0 Å². The number of aliphatic hydroxyl groups excluding tert-OH is 2. The predicted octanol–water partition coefficient (Wildman–Crippen LogP) is 6.52. The van der Waals surface area contributed by atoms with Gasteiger partial charge in [0.15, 0.2) is 0 Å². The topological polar surface area (TPSA) is 58.9 Å². The summed E-state index contributed by atoms with van der Waals surface area (Å²) in [5, 5.41) is 21.7. The van der Waals surface area contributed by atoms with Gasteiger partial charge in [-0.1, -0.05) is 0 Å². The summed E-state index contributed by atoms with van der Waals surface area (Å²) >= 11 is 0. The normalized spacial score (nSPS) is 40.3. The molecule has 0 atom stereocenters. The van der Waals surface area contributed by atoms with Crippen LogP contribution in [-0.2, 0) is 10.8 Å². The molecule has 0 saturated heterocycles. The minimum Gasteiger partial charge on any atom is -0.491 e. The summed E-state index contributed by atoms with van der Waals surface area (Å²) in [5.41, 5.74) is 3.36. The Kier molecular flexibility index (Phi) is 5.61. The minimum atomic E-state index is 0.0195. The zero-order valence-corrected chi connectivity index (χ0v) is 22.8. The van der Waals surface area contributed by atoms with Crippen LogP contribution in [0.4, 0.5) is 0 Å². The van der Waals surface area contributed by atoms with Gasteiger partial charge in [0.05, 0.1) is 13.2 Å². The molecule has 10 rings (SSSR count). The van der Waals surface area contributed by atoms with Crippen LogP contribution in [0.5, 0.6) is 11.5 Å². The molecule has 8 saturated carbocycles. The lowest BCUT2D eigenvalue weighted by molar-refractivity contribution is -0.00550. The number of hydrogen-bond acceptors (Lipinski definition) is 4. The number of aliphatic hydroxyl groups is 2. The summed E-state index contributed by atoms with van der Waals surface area (Å²) in [5.74, 6) is 7.10. The standard InChI is InChI=1S/C34H44O4/c35-1-3-37-31-13-27(33-15-21-5-22(16-33)7-23(6-21)17-33)12-30-29(31)11-28(14-32(30)38-4-2-36)34-18-24-8-25(19-34)10-26(9-24)20-34/h11-14,21-26,35-36H,1-10,15-20H2. The fourth-order valence-corrected chi connectivity index (χ4v) is 11.5. The molecule has 2 aromatic rings. The highest BCUT2D eigenvalue weighted by molar-refractivity contribution is 5.95. The van der Waals surface area contributed by atoms with Gasteiger partial charge < -0.3 is 19.7 Å². The first-order valence-corrected chi connectivity index (χ1v) is 15.6. The lowest BCUT2D eigenvalue weighted by atomic mass is 9.47. The molecule has 4 nitrogen and oxygen atoms in total. The second kappa shape index (κ2) is 8.86. The SMILES string of the molecule is OCCOc1cc(C23CC4CC(CC(C4)C2)C3)cc2c(OCCO)cc(C34CC5CC(CC(C5)C3)C4)cc12. The van der Waals surface area contributed by atoms with E-state index >= 15 is 0 Å². The molecule has 8 bridgehead atoms. The van der Waals surface area contributed by atoms with Gasteiger partial charge in [-0.15, -0.1) is 0 Å². The third kappa shape index (κ3) is 3.76. The van der Waals surface area contributed by atoms with Gasteiger partial charge in [0.1, 0.15) is 24.7 Å². The van der Waals surface area contributed by atoms with Crippen molar-refractivity contribution in [1.29, 1.82) is 0 Å². The van der Waals surface area contributed by atoms with Gasteiger partial charge in [-0.3, -0.25) is 0 Å². The van der Waals surface area contributed by atoms with Crippen LogP contribution in [0.3, 0.4) is 0 Å². The molecule has 0 spiro atoms. The molecule has 0 amide bonds. The first-order valence-electron chi connectivity index (χ1n) is 15.6. The van der Waals surface area contributed by atoms with Gasteiger partial charge >= 0.3 is 0 Å². The zero-order valence-electron chi connectivity index (χ0n) is 22.8. The Morgan fingerprint density at radius 2 is 0.842 bits per heavy atom. The van der Waals surface area contributed by atoms with E-state index in [1.807, 2.05) is 0 Å². The molecule has 0 aromatic heterocycles. The third-order valence-corrected chi connectivity index (χ3v) is 12.0. The number of benzene rings is 2. The average molecular weight is 517 g/mol. The highest BCUT2D eigenvalue weighted by Gasteiger charge is 2.53. The average Bonchev–Trinajstić information content (AvgIpc) is 2.88. The van der Waals surface area contributed by atoms with E-state index in [1.165, 1.54) is 88.2 Å². The number of fused-ring (bicyclic) bond motifs is 1. The summed E-state index contributed by atoms with van der Waals surface area (Å²) in [6, 6.07) is 9.57. The molecular weight excluding hydrogens is 472 g/mol. The fraction of sp³-hybridized carbons (Fsp3) is 0.706. The molecule has 38 heavy (non-hydrogen) atoms. The molecule has 204 valence electrons. The molecule has 0 radical (unpaired) electrons. The van der Waals surface area contributed by atoms with Crippen molar-refractivity contribution >= 4 is 10.8 Å². The first-order chi connectivity index (χ1) is 18.5. The monoisotopic (exact) mass is 516 g/mol. The van der Waals surface area contributed by atoms with E-state index in [4.69, 9.17) is 9.47 Å². The Balaban J connectivity index is 1.28.